The van der Waals surface area contributed by atoms with Crippen LogP contribution in [0.1, 0.15) is 12.8 Å². The summed E-state index contributed by atoms with van der Waals surface area (Å²) in [5.41, 5.74) is 0. The topological polar surface area (TPSA) is 40.5 Å². The van der Waals surface area contributed by atoms with Crippen molar-refractivity contribution >= 4 is 0 Å². The quantitative estimate of drug-likeness (QED) is 0.321. The zero-order valence-electron chi connectivity index (χ0n) is 15.8. The van der Waals surface area contributed by atoms with Crippen molar-refractivity contribution in [1.29, 1.82) is 0 Å². The third-order valence-corrected chi connectivity index (χ3v) is 3.14. The third-order valence-electron chi connectivity index (χ3n) is 3.14. The minimum atomic E-state index is -1.29. The van der Waals surface area contributed by atoms with Gasteiger partial charge in [0.1, 0.15) is 11.6 Å². The van der Waals surface area contributed by atoms with Crippen molar-refractivity contribution in [2.24, 2.45) is 0 Å². The first-order valence-electron chi connectivity index (χ1n) is 8.32. The molecule has 0 bridgehead atoms. The van der Waals surface area contributed by atoms with Crippen LogP contribution in [-0.2, 0) is 26.2 Å². The Morgan fingerprint density at radius 1 is 0.581 bits per heavy atom. The second-order valence-corrected chi connectivity index (χ2v) is 5.44. The zero-order valence-corrected chi connectivity index (χ0v) is 18.3. The van der Waals surface area contributed by atoms with Gasteiger partial charge in [-0.2, -0.15) is 12.2 Å². The molecule has 0 aromatic heterocycles. The van der Waals surface area contributed by atoms with Crippen LogP contribution in [0.15, 0.2) is 60.7 Å². The molecule has 0 saturated carbocycles. The molecule has 9 heteroatoms. The molecule has 2 N–H and O–H groups in total. The number of phenolic OH excluding ortho intramolecular Hbond substituents is 2. The van der Waals surface area contributed by atoms with E-state index < -0.39 is 46.4 Å². The largest absolute Gasteiger partial charge is 2.00 e. The molecule has 2 aliphatic rings. The molecular formula is C22H16F6O2Zr. The average Bonchev–Trinajstić information content (AvgIpc) is 3.43. The Kier molecular flexibility index (Phi) is 14.0. The molecule has 2 nitrogen and oxygen atoms in total. The van der Waals surface area contributed by atoms with Crippen LogP contribution >= 0.6 is 0 Å². The fourth-order valence-electron chi connectivity index (χ4n) is 1.75. The van der Waals surface area contributed by atoms with E-state index in [-0.39, 0.29) is 26.2 Å². The second kappa shape index (κ2) is 15.3. The van der Waals surface area contributed by atoms with E-state index in [9.17, 15) is 26.3 Å². The SMILES string of the molecule is Oc1c(F)cc(F)cc1F.Oc1c(F)cc(F)cc1F.[C-]1=CC=CC1.[C-]1=CC=CC1.[Zr+2]. The second-order valence-electron chi connectivity index (χ2n) is 5.44. The van der Waals surface area contributed by atoms with Gasteiger partial charge in [-0.3, -0.25) is 12.2 Å². The Hall–Kier alpha value is -2.54. The van der Waals surface area contributed by atoms with Crippen LogP contribution in [0, 0.1) is 47.1 Å². The zero-order chi connectivity index (χ0) is 22.5. The number of allylic oxidation sites excluding steroid dienone is 8. The fourth-order valence-corrected chi connectivity index (χ4v) is 1.75. The summed E-state index contributed by atoms with van der Waals surface area (Å²) < 4.78 is 72.5. The van der Waals surface area contributed by atoms with E-state index in [0.29, 0.717) is 24.3 Å². The number of phenols is 2. The van der Waals surface area contributed by atoms with Gasteiger partial charge in [0, 0.05) is 24.3 Å². The Morgan fingerprint density at radius 3 is 1.03 bits per heavy atom. The molecule has 0 unspecified atom stereocenters. The van der Waals surface area contributed by atoms with E-state index in [0.717, 1.165) is 12.8 Å². The first-order valence-corrected chi connectivity index (χ1v) is 8.32. The molecule has 2 aromatic carbocycles. The predicted octanol–water partition coefficient (Wildman–Crippen LogP) is 6.23. The molecule has 0 radical (unpaired) electrons. The van der Waals surface area contributed by atoms with Gasteiger partial charge < -0.3 is 10.2 Å². The molecule has 0 atom stereocenters. The van der Waals surface area contributed by atoms with E-state index in [4.69, 9.17) is 10.2 Å². The maximum absolute atomic E-state index is 12.1. The van der Waals surface area contributed by atoms with Crippen molar-refractivity contribution < 1.29 is 62.8 Å². The summed E-state index contributed by atoms with van der Waals surface area (Å²) >= 11 is 0. The molecule has 162 valence electrons. The standard InChI is InChI=1S/2C6H3F3O.2C5H5.Zr/c2*7-3-1-4(8)6(10)5(9)2-3;2*1-2-4-5-3-1;/h2*1-2,10H;2*1-3H,4H2;/q;;2*-1;+2. The van der Waals surface area contributed by atoms with Gasteiger partial charge in [-0.15, -0.1) is 12.8 Å². The maximum Gasteiger partial charge on any atom is 2.00 e. The first-order chi connectivity index (χ1) is 14.2. The minimum absolute atomic E-state index is 0. The summed E-state index contributed by atoms with van der Waals surface area (Å²) in [5.74, 6) is -9.58. The van der Waals surface area contributed by atoms with Gasteiger partial charge in [0.2, 0.25) is 0 Å². The summed E-state index contributed by atoms with van der Waals surface area (Å²) in [5, 5.41) is 16.8. The molecule has 2 aliphatic carbocycles. The van der Waals surface area contributed by atoms with Gasteiger partial charge in [-0.05, 0) is 0 Å². The normalized spacial score (nSPS) is 12.1. The number of aromatic hydroxyl groups is 2. The molecule has 0 heterocycles. The fraction of sp³-hybridized carbons (Fsp3) is 0.0909. The van der Waals surface area contributed by atoms with Gasteiger partial charge in [0.05, 0.1) is 0 Å². The van der Waals surface area contributed by atoms with Crippen LogP contribution in [0.4, 0.5) is 26.3 Å². The van der Waals surface area contributed by atoms with Gasteiger partial charge >= 0.3 is 26.2 Å². The maximum atomic E-state index is 12.1. The van der Waals surface area contributed by atoms with Crippen LogP contribution in [0.2, 0.25) is 0 Å². The minimum Gasteiger partial charge on any atom is -0.503 e. The Bertz CT molecular complexity index is 812. The van der Waals surface area contributed by atoms with Gasteiger partial charge in [0.15, 0.2) is 34.8 Å². The van der Waals surface area contributed by atoms with E-state index in [1.807, 2.05) is 24.3 Å². The van der Waals surface area contributed by atoms with Gasteiger partial charge in [0.25, 0.3) is 0 Å². The monoisotopic (exact) mass is 516 g/mol. The van der Waals surface area contributed by atoms with Crippen molar-refractivity contribution in [1.82, 2.24) is 0 Å². The van der Waals surface area contributed by atoms with Crippen molar-refractivity contribution in [3.8, 4) is 11.5 Å². The average molecular weight is 518 g/mol. The number of rotatable bonds is 0. The third kappa shape index (κ3) is 11.4. The van der Waals surface area contributed by atoms with Crippen molar-refractivity contribution in [3.63, 3.8) is 0 Å². The van der Waals surface area contributed by atoms with Crippen LogP contribution in [0.25, 0.3) is 0 Å². The Balaban J connectivity index is 0.000000401. The molecule has 2 aromatic rings. The molecule has 0 amide bonds. The number of halogens is 6. The van der Waals surface area contributed by atoms with Crippen LogP contribution in [-0.4, -0.2) is 10.2 Å². The molecular weight excluding hydrogens is 501 g/mol. The smallest absolute Gasteiger partial charge is 0.503 e. The van der Waals surface area contributed by atoms with Gasteiger partial charge in [-0.25, -0.2) is 50.6 Å². The molecule has 4 rings (SSSR count). The molecule has 0 aliphatic heterocycles. The molecule has 0 saturated heterocycles. The number of hydrogen-bond donors (Lipinski definition) is 2. The van der Waals surface area contributed by atoms with E-state index >= 15 is 0 Å². The summed E-state index contributed by atoms with van der Waals surface area (Å²) in [6.45, 7) is 0. The number of hydrogen-bond acceptors (Lipinski definition) is 2. The summed E-state index contributed by atoms with van der Waals surface area (Å²) in [6.07, 6.45) is 20.0. The van der Waals surface area contributed by atoms with Crippen LogP contribution in [0.5, 0.6) is 11.5 Å². The van der Waals surface area contributed by atoms with E-state index in [1.165, 1.54) is 0 Å². The van der Waals surface area contributed by atoms with E-state index in [2.05, 4.69) is 24.3 Å². The predicted molar refractivity (Wildman–Crippen MR) is 99.1 cm³/mol. The summed E-state index contributed by atoms with van der Waals surface area (Å²) in [7, 11) is 0. The molecule has 31 heavy (non-hydrogen) atoms. The summed E-state index contributed by atoms with van der Waals surface area (Å²) in [6, 6.07) is 1.60. The van der Waals surface area contributed by atoms with E-state index in [1.54, 1.807) is 0 Å². The van der Waals surface area contributed by atoms with Crippen molar-refractivity contribution in [3.05, 3.63) is 108 Å². The van der Waals surface area contributed by atoms with Crippen LogP contribution < -0.4 is 0 Å². The van der Waals surface area contributed by atoms with Gasteiger partial charge in [-0.1, -0.05) is 0 Å². The van der Waals surface area contributed by atoms with Crippen molar-refractivity contribution in [2.75, 3.05) is 0 Å². The molecule has 0 spiro atoms. The Labute approximate surface area is 194 Å². The summed E-state index contributed by atoms with van der Waals surface area (Å²) in [4.78, 5) is 0. The molecule has 0 fully saturated rings. The van der Waals surface area contributed by atoms with Crippen molar-refractivity contribution in [2.45, 2.75) is 12.8 Å². The number of benzene rings is 2. The first kappa shape index (κ1) is 28.5. The Morgan fingerprint density at radius 2 is 0.871 bits per heavy atom. The van der Waals surface area contributed by atoms with Crippen LogP contribution in [0.3, 0.4) is 0 Å².